The van der Waals surface area contributed by atoms with E-state index < -0.39 is 28.8 Å². The van der Waals surface area contributed by atoms with Gasteiger partial charge in [0, 0.05) is 6.42 Å². The predicted octanol–water partition coefficient (Wildman–Crippen LogP) is 1.79. The molecular weight excluding hydrogens is 291 g/mol. The summed E-state index contributed by atoms with van der Waals surface area (Å²) in [5.74, 6) is 0. The smallest absolute Gasteiger partial charge is 0.300 e. The molecule has 0 aliphatic carbocycles. The van der Waals surface area contributed by atoms with Gasteiger partial charge in [0.15, 0.2) is 6.61 Å². The minimum absolute atomic E-state index is 0.0639. The number of rotatable bonds is 4. The van der Waals surface area contributed by atoms with Gasteiger partial charge in [-0.2, -0.15) is 22.2 Å². The lowest BCUT2D eigenvalue weighted by Gasteiger charge is -2.22. The molecule has 0 atom stereocenters. The molecule has 1 heterocycles. The zero-order chi connectivity index (χ0) is 13.2. The van der Waals surface area contributed by atoms with Crippen molar-refractivity contribution in [3.63, 3.8) is 0 Å². The first-order chi connectivity index (χ1) is 7.62. The average molecular weight is 301 g/mol. The van der Waals surface area contributed by atoms with Crippen molar-refractivity contribution in [2.45, 2.75) is 12.6 Å². The Morgan fingerprint density at radius 2 is 1.82 bits per heavy atom. The molecule has 0 amide bonds. The largest absolute Gasteiger partial charge is 0.586 e. The van der Waals surface area contributed by atoms with Gasteiger partial charge in [0.1, 0.15) is 13.2 Å². The number of phosphoric acid groups is 1. The SMILES string of the molecule is O=P(O)(O)O[P+]1(OCC(F)(F)F)OCCCO1. The summed E-state index contributed by atoms with van der Waals surface area (Å²) in [4.78, 5) is 17.1. The van der Waals surface area contributed by atoms with Crippen LogP contribution >= 0.6 is 16.0 Å². The van der Waals surface area contributed by atoms with E-state index in [0.29, 0.717) is 6.42 Å². The molecule has 17 heavy (non-hydrogen) atoms. The Kier molecular flexibility index (Phi) is 4.90. The van der Waals surface area contributed by atoms with Crippen LogP contribution in [0.5, 0.6) is 0 Å². The summed E-state index contributed by atoms with van der Waals surface area (Å²) >= 11 is 0. The Hall–Kier alpha value is 0.210. The minimum Gasteiger partial charge on any atom is -0.300 e. The molecule has 1 aliphatic heterocycles. The summed E-state index contributed by atoms with van der Waals surface area (Å²) in [6.07, 6.45) is -4.32. The molecule has 0 bridgehead atoms. The van der Waals surface area contributed by atoms with Crippen molar-refractivity contribution in [1.82, 2.24) is 0 Å². The van der Waals surface area contributed by atoms with E-state index in [-0.39, 0.29) is 13.2 Å². The Balaban J connectivity index is 2.68. The maximum absolute atomic E-state index is 11.9. The second kappa shape index (κ2) is 5.46. The topological polar surface area (TPSA) is 94.5 Å². The van der Waals surface area contributed by atoms with E-state index in [0.717, 1.165) is 0 Å². The highest BCUT2D eigenvalue weighted by atomic mass is 31.3. The van der Waals surface area contributed by atoms with Gasteiger partial charge in [0.25, 0.3) is 0 Å². The van der Waals surface area contributed by atoms with Crippen molar-refractivity contribution in [2.24, 2.45) is 0 Å². The van der Waals surface area contributed by atoms with Crippen molar-refractivity contribution in [1.29, 1.82) is 0 Å². The Labute approximate surface area is 94.7 Å². The van der Waals surface area contributed by atoms with Crippen LogP contribution in [-0.4, -0.2) is 35.8 Å². The lowest BCUT2D eigenvalue weighted by molar-refractivity contribution is -0.161. The summed E-state index contributed by atoms with van der Waals surface area (Å²) in [6, 6.07) is 0. The van der Waals surface area contributed by atoms with Crippen LogP contribution in [0.15, 0.2) is 0 Å². The molecule has 2 N–H and O–H groups in total. The van der Waals surface area contributed by atoms with Gasteiger partial charge >= 0.3 is 22.2 Å². The van der Waals surface area contributed by atoms with Crippen LogP contribution in [0, 0.1) is 0 Å². The Morgan fingerprint density at radius 3 is 2.24 bits per heavy atom. The van der Waals surface area contributed by atoms with Gasteiger partial charge in [-0.25, -0.2) is 4.57 Å². The third-order valence-corrected chi connectivity index (χ3v) is 4.47. The highest BCUT2D eigenvalue weighted by molar-refractivity contribution is 7.65. The first-order valence-electron chi connectivity index (χ1n) is 4.28. The lowest BCUT2D eigenvalue weighted by Crippen LogP contribution is -2.23. The second-order valence-corrected chi connectivity index (χ2v) is 6.23. The Morgan fingerprint density at radius 1 is 1.29 bits per heavy atom. The molecule has 0 spiro atoms. The van der Waals surface area contributed by atoms with Gasteiger partial charge in [-0.05, 0) is 4.31 Å². The molecule has 102 valence electrons. The normalized spacial score (nSPS) is 21.5. The molecule has 1 aliphatic rings. The predicted molar refractivity (Wildman–Crippen MR) is 48.6 cm³/mol. The molecular formula is C5H10F3O7P2+. The van der Waals surface area contributed by atoms with Crippen LogP contribution in [0.25, 0.3) is 0 Å². The highest BCUT2D eigenvalue weighted by Gasteiger charge is 2.59. The molecule has 0 unspecified atom stereocenters. The molecule has 1 rings (SSSR count). The highest BCUT2D eigenvalue weighted by Crippen LogP contribution is 2.72. The van der Waals surface area contributed by atoms with Gasteiger partial charge in [0.2, 0.25) is 0 Å². The molecule has 1 fully saturated rings. The van der Waals surface area contributed by atoms with Crippen molar-refractivity contribution in [3.05, 3.63) is 0 Å². The van der Waals surface area contributed by atoms with Crippen molar-refractivity contribution < 1.29 is 45.4 Å². The van der Waals surface area contributed by atoms with E-state index in [4.69, 9.17) is 9.79 Å². The standard InChI is InChI=1S/C5H9F3O7P2/c6-5(7,8)4-14-17(15-16(9,10)11)12-2-1-3-13-17/h1-4H2,(H-,9,10,11)/p+1. The third kappa shape index (κ3) is 6.08. The number of alkyl halides is 3. The molecule has 0 aromatic carbocycles. The lowest BCUT2D eigenvalue weighted by atomic mass is 10.5. The maximum atomic E-state index is 11.9. The van der Waals surface area contributed by atoms with E-state index in [1.54, 1.807) is 0 Å². The Bertz CT molecular complexity index is 296. The fraction of sp³-hybridized carbons (Fsp3) is 1.00. The number of hydrogen-bond donors (Lipinski definition) is 2. The fourth-order valence-electron chi connectivity index (χ4n) is 0.877. The van der Waals surface area contributed by atoms with Crippen LogP contribution in [0.2, 0.25) is 0 Å². The van der Waals surface area contributed by atoms with E-state index >= 15 is 0 Å². The number of hydrogen-bond acceptors (Lipinski definition) is 5. The fourth-order valence-corrected chi connectivity index (χ4v) is 3.72. The second-order valence-electron chi connectivity index (χ2n) is 2.93. The summed E-state index contributed by atoms with van der Waals surface area (Å²) < 4.78 is 64.1. The summed E-state index contributed by atoms with van der Waals surface area (Å²) in [7, 11) is -9.17. The minimum atomic E-state index is -5.07. The first kappa shape index (κ1) is 15.3. The van der Waals surface area contributed by atoms with E-state index in [2.05, 4.69) is 17.9 Å². The molecule has 0 aromatic heterocycles. The van der Waals surface area contributed by atoms with E-state index in [9.17, 15) is 17.7 Å². The third-order valence-electron chi connectivity index (χ3n) is 1.38. The van der Waals surface area contributed by atoms with Crippen LogP contribution in [-0.2, 0) is 22.4 Å². The van der Waals surface area contributed by atoms with Crippen molar-refractivity contribution in [3.8, 4) is 0 Å². The molecule has 12 heteroatoms. The summed E-state index contributed by atoms with van der Waals surface area (Å²) in [6.45, 7) is -1.90. The average Bonchev–Trinajstić information content (AvgIpc) is 2.13. The van der Waals surface area contributed by atoms with E-state index in [1.807, 2.05) is 0 Å². The zero-order valence-electron chi connectivity index (χ0n) is 8.29. The van der Waals surface area contributed by atoms with Gasteiger partial charge in [-0.3, -0.25) is 0 Å². The van der Waals surface area contributed by atoms with Crippen LogP contribution in [0.4, 0.5) is 13.2 Å². The van der Waals surface area contributed by atoms with Gasteiger partial charge in [-0.15, -0.1) is 4.52 Å². The van der Waals surface area contributed by atoms with Crippen LogP contribution in [0.3, 0.4) is 0 Å². The maximum Gasteiger partial charge on any atom is 0.586 e. The molecule has 1 saturated heterocycles. The van der Waals surface area contributed by atoms with Gasteiger partial charge in [-0.1, -0.05) is 0 Å². The quantitative estimate of drug-likeness (QED) is 0.764. The zero-order valence-corrected chi connectivity index (χ0v) is 10.1. The van der Waals surface area contributed by atoms with Gasteiger partial charge in [0.05, 0.1) is 0 Å². The molecule has 7 nitrogen and oxygen atoms in total. The van der Waals surface area contributed by atoms with Gasteiger partial charge < -0.3 is 9.79 Å². The first-order valence-corrected chi connectivity index (χ1v) is 7.27. The van der Waals surface area contributed by atoms with Crippen molar-refractivity contribution in [2.75, 3.05) is 19.8 Å². The van der Waals surface area contributed by atoms with Crippen molar-refractivity contribution >= 4 is 16.0 Å². The molecule has 0 saturated carbocycles. The monoisotopic (exact) mass is 301 g/mol. The van der Waals surface area contributed by atoms with E-state index in [1.165, 1.54) is 0 Å². The molecule has 0 aromatic rings. The summed E-state index contributed by atoms with van der Waals surface area (Å²) in [5, 5.41) is 0. The molecule has 0 radical (unpaired) electrons. The number of halogens is 3. The van der Waals surface area contributed by atoms with Crippen LogP contribution in [0.1, 0.15) is 6.42 Å². The summed E-state index contributed by atoms with van der Waals surface area (Å²) in [5.41, 5.74) is 0. The van der Waals surface area contributed by atoms with Crippen LogP contribution < -0.4 is 0 Å².